The van der Waals surface area contributed by atoms with Crippen molar-refractivity contribution in [3.05, 3.63) is 88.3 Å². The lowest BCUT2D eigenvalue weighted by Gasteiger charge is -2.17. The summed E-state index contributed by atoms with van der Waals surface area (Å²) < 4.78 is 32.6. The van der Waals surface area contributed by atoms with E-state index in [9.17, 15) is 8.78 Å². The first-order valence-corrected chi connectivity index (χ1v) is 7.86. The number of hydrogen-bond donors (Lipinski definition) is 0. The Morgan fingerprint density at radius 3 is 2.64 bits per heavy atom. The molecule has 0 aliphatic carbocycles. The van der Waals surface area contributed by atoms with E-state index in [1.54, 1.807) is 0 Å². The second-order valence-corrected chi connectivity index (χ2v) is 5.71. The Bertz CT molecular complexity index is 759. The molecule has 0 N–H and O–H groups in total. The lowest BCUT2D eigenvalue weighted by atomic mass is 9.95. The Kier molecular flexibility index (Phi) is 7.14. The van der Waals surface area contributed by atoms with Crippen LogP contribution in [0.15, 0.2) is 60.2 Å². The number of halogens is 2. The lowest BCUT2D eigenvalue weighted by molar-refractivity contribution is 0.0906. The highest BCUT2D eigenvalue weighted by molar-refractivity contribution is 5.64. The molecule has 0 amide bonds. The number of nitrogens with zero attached hydrogens (tertiary/aromatic N) is 3. The molecule has 2 rings (SSSR count). The number of ether oxygens (including phenoxy) is 1. The molecule has 0 spiro atoms. The summed E-state index contributed by atoms with van der Waals surface area (Å²) in [5, 5.41) is 3.59. The molecule has 1 atom stereocenters. The van der Waals surface area contributed by atoms with E-state index in [0.717, 1.165) is 11.6 Å². The van der Waals surface area contributed by atoms with Gasteiger partial charge in [0.25, 0.3) is 0 Å². The minimum absolute atomic E-state index is 0.142. The van der Waals surface area contributed by atoms with Gasteiger partial charge in [0.1, 0.15) is 11.6 Å². The van der Waals surface area contributed by atoms with Crippen LogP contribution in [0.4, 0.5) is 8.78 Å². The van der Waals surface area contributed by atoms with Gasteiger partial charge in [0.15, 0.2) is 0 Å². The third-order valence-corrected chi connectivity index (χ3v) is 3.72. The lowest BCUT2D eigenvalue weighted by Crippen LogP contribution is -2.14. The Morgan fingerprint density at radius 2 is 1.96 bits per heavy atom. The summed E-state index contributed by atoms with van der Waals surface area (Å²) in [6.45, 7) is 4.87. The second-order valence-electron chi connectivity index (χ2n) is 5.71. The summed E-state index contributed by atoms with van der Waals surface area (Å²) in [5.41, 5.74) is 10.3. The average Bonchev–Trinajstić information content (AvgIpc) is 2.60. The number of hydrogen-bond acceptors (Lipinski definition) is 2. The minimum Gasteiger partial charge on any atom is -0.376 e. The molecule has 4 nitrogen and oxygen atoms in total. The van der Waals surface area contributed by atoms with Crippen molar-refractivity contribution in [2.24, 2.45) is 11.0 Å². The van der Waals surface area contributed by atoms with E-state index < -0.39 is 11.6 Å². The summed E-state index contributed by atoms with van der Waals surface area (Å²) in [4.78, 5) is 2.77. The van der Waals surface area contributed by atoms with E-state index in [-0.39, 0.29) is 18.0 Å². The first-order valence-electron chi connectivity index (χ1n) is 7.86. The monoisotopic (exact) mass is 343 g/mol. The molecule has 1 unspecified atom stereocenters. The van der Waals surface area contributed by atoms with Crippen LogP contribution in [0, 0.1) is 17.6 Å². The van der Waals surface area contributed by atoms with Gasteiger partial charge in [0.05, 0.1) is 13.2 Å². The number of allylic oxidation sites excluding steroid dienone is 1. The topological polar surface area (TPSA) is 58.0 Å². The molecule has 0 aromatic heterocycles. The van der Waals surface area contributed by atoms with E-state index >= 15 is 0 Å². The first-order chi connectivity index (χ1) is 12.1. The molecule has 130 valence electrons. The van der Waals surface area contributed by atoms with E-state index in [1.165, 1.54) is 12.1 Å². The van der Waals surface area contributed by atoms with Crippen molar-refractivity contribution in [2.45, 2.75) is 13.0 Å². The van der Waals surface area contributed by atoms with Crippen molar-refractivity contribution in [1.29, 1.82) is 0 Å². The number of benzene rings is 2. The van der Waals surface area contributed by atoms with Crippen LogP contribution in [0.5, 0.6) is 0 Å². The maximum absolute atomic E-state index is 13.9. The van der Waals surface area contributed by atoms with Crippen LogP contribution < -0.4 is 0 Å². The summed E-state index contributed by atoms with van der Waals surface area (Å²) in [6, 6.07) is 13.1. The van der Waals surface area contributed by atoms with E-state index in [2.05, 4.69) is 16.6 Å². The van der Waals surface area contributed by atoms with Gasteiger partial charge in [-0.1, -0.05) is 42.0 Å². The molecule has 0 saturated heterocycles. The molecule has 6 heteroatoms. The Morgan fingerprint density at radius 1 is 1.20 bits per heavy atom. The molecule has 0 bridgehead atoms. The first kappa shape index (κ1) is 18.6. The van der Waals surface area contributed by atoms with Crippen LogP contribution in [0.25, 0.3) is 16.0 Å². The Balaban J connectivity index is 1.96. The smallest absolute Gasteiger partial charge is 0.133 e. The Hall–Kier alpha value is -2.69. The maximum atomic E-state index is 13.9. The second kappa shape index (κ2) is 9.57. The highest BCUT2D eigenvalue weighted by Gasteiger charge is 2.14. The predicted molar refractivity (Wildman–Crippen MR) is 93.6 cm³/mol. The molecule has 0 aliphatic heterocycles. The van der Waals surface area contributed by atoms with Crippen molar-refractivity contribution in [1.82, 2.24) is 0 Å². The summed E-state index contributed by atoms with van der Waals surface area (Å²) in [7, 11) is 0. The van der Waals surface area contributed by atoms with Gasteiger partial charge in [-0.25, -0.2) is 8.78 Å². The van der Waals surface area contributed by atoms with Crippen molar-refractivity contribution >= 4 is 5.57 Å². The fourth-order valence-electron chi connectivity index (χ4n) is 2.48. The minimum atomic E-state index is -0.655. The highest BCUT2D eigenvalue weighted by atomic mass is 19.1. The normalized spacial score (nSPS) is 11.6. The molecule has 2 aromatic rings. The van der Waals surface area contributed by atoms with Crippen molar-refractivity contribution in [3.8, 4) is 0 Å². The van der Waals surface area contributed by atoms with Gasteiger partial charge in [0.2, 0.25) is 0 Å². The SMILES string of the molecule is C=C(CC(CN=[N+]=[N-])COCc1ccccc1)c1ccc(F)cc1F. The van der Waals surface area contributed by atoms with Crippen molar-refractivity contribution in [2.75, 3.05) is 13.2 Å². The molecular formula is C19H19F2N3O. The number of azide groups is 1. The van der Waals surface area contributed by atoms with Crippen LogP contribution >= 0.6 is 0 Å². The summed E-state index contributed by atoms with van der Waals surface area (Å²) >= 11 is 0. The maximum Gasteiger partial charge on any atom is 0.133 e. The van der Waals surface area contributed by atoms with E-state index in [1.807, 2.05) is 30.3 Å². The molecule has 0 radical (unpaired) electrons. The van der Waals surface area contributed by atoms with E-state index in [4.69, 9.17) is 10.3 Å². The van der Waals surface area contributed by atoms with Crippen LogP contribution in [0.3, 0.4) is 0 Å². The zero-order valence-corrected chi connectivity index (χ0v) is 13.7. The average molecular weight is 343 g/mol. The fourth-order valence-corrected chi connectivity index (χ4v) is 2.48. The summed E-state index contributed by atoms with van der Waals surface area (Å²) in [6.07, 6.45) is 0.385. The fraction of sp³-hybridized carbons (Fsp3) is 0.263. The molecule has 0 fully saturated rings. The quantitative estimate of drug-likeness (QED) is 0.336. The van der Waals surface area contributed by atoms with E-state index in [0.29, 0.717) is 25.2 Å². The molecule has 2 aromatic carbocycles. The molecule has 25 heavy (non-hydrogen) atoms. The molecule has 0 heterocycles. The molecule has 0 aliphatic rings. The van der Waals surface area contributed by atoms with Crippen LogP contribution in [-0.4, -0.2) is 13.2 Å². The van der Waals surface area contributed by atoms with Crippen molar-refractivity contribution in [3.63, 3.8) is 0 Å². The van der Waals surface area contributed by atoms with Crippen molar-refractivity contribution < 1.29 is 13.5 Å². The predicted octanol–water partition coefficient (Wildman–Crippen LogP) is 5.51. The summed E-state index contributed by atoms with van der Waals surface area (Å²) in [5.74, 6) is -1.43. The third kappa shape index (κ3) is 6.03. The van der Waals surface area contributed by atoms with Gasteiger partial charge >= 0.3 is 0 Å². The van der Waals surface area contributed by atoms with Gasteiger partial charge in [0, 0.05) is 23.1 Å². The Labute approximate surface area is 145 Å². The highest BCUT2D eigenvalue weighted by Crippen LogP contribution is 2.25. The van der Waals surface area contributed by atoms with Gasteiger partial charge < -0.3 is 4.74 Å². The third-order valence-electron chi connectivity index (χ3n) is 3.72. The standard InChI is InChI=1S/C19H19F2N3O/c1-14(18-8-7-17(20)10-19(18)21)9-16(11-23-24-22)13-25-12-15-5-3-2-4-6-15/h2-8,10,16H,1,9,11-13H2. The molecule has 0 saturated carbocycles. The largest absolute Gasteiger partial charge is 0.376 e. The van der Waals surface area contributed by atoms with Gasteiger partial charge in [-0.2, -0.15) is 0 Å². The zero-order valence-electron chi connectivity index (χ0n) is 13.7. The number of rotatable bonds is 9. The molecular weight excluding hydrogens is 324 g/mol. The van der Waals surface area contributed by atoms with Crippen LogP contribution in [0.2, 0.25) is 0 Å². The van der Waals surface area contributed by atoms with Gasteiger partial charge in [-0.05, 0) is 41.1 Å². The van der Waals surface area contributed by atoms with Crippen LogP contribution in [0.1, 0.15) is 17.5 Å². The zero-order chi connectivity index (χ0) is 18.1. The van der Waals surface area contributed by atoms with Gasteiger partial charge in [-0.15, -0.1) is 0 Å². The van der Waals surface area contributed by atoms with Crippen LogP contribution in [-0.2, 0) is 11.3 Å². The van der Waals surface area contributed by atoms with Gasteiger partial charge in [-0.3, -0.25) is 0 Å².